The van der Waals surface area contributed by atoms with E-state index in [-0.39, 0.29) is 18.4 Å². The second-order valence-corrected chi connectivity index (χ2v) is 7.22. The third kappa shape index (κ3) is 8.27. The summed E-state index contributed by atoms with van der Waals surface area (Å²) < 4.78 is 11.0. The highest BCUT2D eigenvalue weighted by atomic mass is 35.5. The Kier molecular flexibility index (Phi) is 11.8. The van der Waals surface area contributed by atoms with Crippen LogP contribution in [-0.2, 0) is 0 Å². The van der Waals surface area contributed by atoms with Gasteiger partial charge in [-0.15, -0.1) is 12.4 Å². The smallest absolute Gasteiger partial charge is 0.230 e. The van der Waals surface area contributed by atoms with Gasteiger partial charge in [0, 0.05) is 23.3 Å². The van der Waals surface area contributed by atoms with Crippen molar-refractivity contribution in [2.75, 3.05) is 13.2 Å². The summed E-state index contributed by atoms with van der Waals surface area (Å²) in [6, 6.07) is 6.45. The molecule has 3 N–H and O–H groups in total. The van der Waals surface area contributed by atoms with Crippen LogP contribution < -0.4 is 20.3 Å². The highest BCUT2D eigenvalue weighted by Gasteiger charge is 2.08. The summed E-state index contributed by atoms with van der Waals surface area (Å²) in [7, 11) is 0. The van der Waals surface area contributed by atoms with E-state index in [1.807, 2.05) is 13.8 Å². The Morgan fingerprint density at radius 1 is 0.806 bits per heavy atom. The number of rotatable bonds is 8. The van der Waals surface area contributed by atoms with Gasteiger partial charge in [0.25, 0.3) is 0 Å². The van der Waals surface area contributed by atoms with Crippen molar-refractivity contribution in [3.05, 3.63) is 55.5 Å². The highest BCUT2D eigenvalue weighted by Crippen LogP contribution is 2.30. The van der Waals surface area contributed by atoms with Gasteiger partial charge >= 0.3 is 0 Å². The van der Waals surface area contributed by atoms with E-state index >= 15 is 0 Å². The number of hydrogen-bond donors (Lipinski definition) is 3. The lowest BCUT2D eigenvalue weighted by molar-refractivity contribution is 0.339. The van der Waals surface area contributed by atoms with Gasteiger partial charge < -0.3 is 9.47 Å². The molecular formula is C19H20Cl5N5O2. The van der Waals surface area contributed by atoms with Crippen molar-refractivity contribution in [1.82, 2.24) is 10.9 Å². The molecule has 2 aromatic carbocycles. The normalized spacial score (nSPS) is 10.8. The van der Waals surface area contributed by atoms with Crippen molar-refractivity contribution in [2.24, 2.45) is 10.2 Å². The average Bonchev–Trinajstić information content (AvgIpc) is 2.69. The fraction of sp³-hybridized carbons (Fsp3) is 0.211. The second-order valence-electron chi connectivity index (χ2n) is 5.59. The first kappa shape index (κ1) is 27.1. The van der Waals surface area contributed by atoms with Crippen molar-refractivity contribution < 1.29 is 9.47 Å². The average molecular weight is 528 g/mol. The SMILES string of the molecule is CCOc1cc(Cl)c(Cl)cc1/C=N/NC(=N)N/N=C/c1cc(Cl)c(Cl)cc1OCC.Cl. The number of halogens is 5. The number of nitrogens with zero attached hydrogens (tertiary/aromatic N) is 2. The van der Waals surface area contributed by atoms with Gasteiger partial charge in [0.15, 0.2) is 0 Å². The van der Waals surface area contributed by atoms with Gasteiger partial charge in [-0.05, 0) is 26.0 Å². The standard InChI is InChI=1S/C19H19Cl4N5O2.ClH/c1-3-29-17-7-15(22)13(20)5-11(17)9-25-27-19(24)28-26-10-12-6-14(21)16(23)8-18(12)30-4-2;/h5-10H,3-4H2,1-2H3,(H3,24,27,28);1H/b25-9+,26-10+;. The molecule has 0 saturated carbocycles. The monoisotopic (exact) mass is 525 g/mol. The summed E-state index contributed by atoms with van der Waals surface area (Å²) in [6.07, 6.45) is 2.92. The molecule has 0 radical (unpaired) electrons. The maximum absolute atomic E-state index is 7.84. The minimum absolute atomic E-state index is 0. The second kappa shape index (κ2) is 13.5. The first-order valence-electron chi connectivity index (χ1n) is 8.76. The summed E-state index contributed by atoms with van der Waals surface area (Å²) in [6.45, 7) is 4.61. The van der Waals surface area contributed by atoms with Crippen molar-refractivity contribution in [3.63, 3.8) is 0 Å². The summed E-state index contributed by atoms with van der Waals surface area (Å²) in [5.74, 6) is 0.884. The van der Waals surface area contributed by atoms with Crippen molar-refractivity contribution in [1.29, 1.82) is 5.41 Å². The van der Waals surface area contributed by atoms with Crippen LogP contribution in [0.5, 0.6) is 11.5 Å². The number of ether oxygens (including phenoxy) is 2. The van der Waals surface area contributed by atoms with Crippen LogP contribution in [0.3, 0.4) is 0 Å². The fourth-order valence-corrected chi connectivity index (χ4v) is 2.86. The molecular weight excluding hydrogens is 508 g/mol. The molecule has 7 nitrogen and oxygen atoms in total. The van der Waals surface area contributed by atoms with Crippen molar-refractivity contribution >= 4 is 77.2 Å². The van der Waals surface area contributed by atoms with Crippen LogP contribution in [0.2, 0.25) is 20.1 Å². The molecule has 0 spiro atoms. The van der Waals surface area contributed by atoms with E-state index in [1.54, 1.807) is 24.3 Å². The van der Waals surface area contributed by atoms with E-state index in [2.05, 4.69) is 21.1 Å². The van der Waals surface area contributed by atoms with Crippen LogP contribution in [-0.4, -0.2) is 31.6 Å². The molecule has 0 bridgehead atoms. The van der Waals surface area contributed by atoms with E-state index in [0.29, 0.717) is 55.9 Å². The Bertz CT molecular complexity index is 894. The molecule has 168 valence electrons. The summed E-state index contributed by atoms with van der Waals surface area (Å²) in [4.78, 5) is 0. The maximum Gasteiger partial charge on any atom is 0.230 e. The Morgan fingerprint density at radius 2 is 1.16 bits per heavy atom. The number of nitrogens with one attached hydrogen (secondary N) is 3. The quantitative estimate of drug-likeness (QED) is 0.223. The van der Waals surface area contributed by atoms with E-state index in [1.165, 1.54) is 12.4 Å². The molecule has 0 heterocycles. The molecule has 0 aliphatic rings. The number of hydrazone groups is 2. The lowest BCUT2D eigenvalue weighted by Crippen LogP contribution is -2.29. The molecule has 2 rings (SSSR count). The first-order valence-corrected chi connectivity index (χ1v) is 10.3. The Morgan fingerprint density at radius 3 is 1.52 bits per heavy atom. The van der Waals surface area contributed by atoms with Gasteiger partial charge in [0.05, 0.1) is 45.7 Å². The zero-order chi connectivity index (χ0) is 22.1. The van der Waals surface area contributed by atoms with Crippen LogP contribution in [0.4, 0.5) is 0 Å². The molecule has 0 aliphatic carbocycles. The molecule has 12 heteroatoms. The molecule has 0 saturated heterocycles. The minimum atomic E-state index is -0.168. The van der Waals surface area contributed by atoms with Gasteiger partial charge in [-0.2, -0.15) is 10.2 Å². The predicted octanol–water partition coefficient (Wildman–Crippen LogP) is 6.00. The van der Waals surface area contributed by atoms with Gasteiger partial charge in [0.2, 0.25) is 5.96 Å². The first-order chi connectivity index (χ1) is 14.3. The van der Waals surface area contributed by atoms with Crippen molar-refractivity contribution in [3.8, 4) is 11.5 Å². The predicted molar refractivity (Wildman–Crippen MR) is 132 cm³/mol. The third-order valence-electron chi connectivity index (χ3n) is 3.47. The molecule has 0 aromatic heterocycles. The van der Waals surface area contributed by atoms with Crippen LogP contribution in [0.25, 0.3) is 0 Å². The maximum atomic E-state index is 7.84. The molecule has 0 fully saturated rings. The molecule has 0 aliphatic heterocycles. The van der Waals surface area contributed by atoms with Crippen LogP contribution in [0.15, 0.2) is 34.5 Å². The van der Waals surface area contributed by atoms with Crippen LogP contribution in [0, 0.1) is 5.41 Å². The highest BCUT2D eigenvalue weighted by molar-refractivity contribution is 6.42. The molecule has 0 atom stereocenters. The summed E-state index contributed by atoms with van der Waals surface area (Å²) >= 11 is 24.1. The van der Waals surface area contributed by atoms with E-state index in [4.69, 9.17) is 61.3 Å². The largest absolute Gasteiger partial charge is 0.493 e. The lowest BCUT2D eigenvalue weighted by Gasteiger charge is -2.09. The van der Waals surface area contributed by atoms with Crippen LogP contribution in [0.1, 0.15) is 25.0 Å². The van der Waals surface area contributed by atoms with Crippen LogP contribution >= 0.6 is 58.8 Å². The van der Waals surface area contributed by atoms with E-state index in [0.717, 1.165) is 0 Å². The number of benzene rings is 2. The Labute approximate surface area is 206 Å². The molecule has 0 amide bonds. The van der Waals surface area contributed by atoms with Gasteiger partial charge in [-0.3, -0.25) is 5.41 Å². The molecule has 31 heavy (non-hydrogen) atoms. The molecule has 2 aromatic rings. The summed E-state index contributed by atoms with van der Waals surface area (Å²) in [5, 5.41) is 17.3. The zero-order valence-corrected chi connectivity index (χ0v) is 20.3. The van der Waals surface area contributed by atoms with Gasteiger partial charge in [-0.25, -0.2) is 10.9 Å². The lowest BCUT2D eigenvalue weighted by atomic mass is 10.2. The summed E-state index contributed by atoms with van der Waals surface area (Å²) in [5.41, 5.74) is 6.21. The Balaban J connectivity index is 0.00000480. The number of guanidine groups is 1. The third-order valence-corrected chi connectivity index (χ3v) is 4.91. The minimum Gasteiger partial charge on any atom is -0.493 e. The van der Waals surface area contributed by atoms with Gasteiger partial charge in [0.1, 0.15) is 11.5 Å². The van der Waals surface area contributed by atoms with E-state index in [9.17, 15) is 0 Å². The van der Waals surface area contributed by atoms with Gasteiger partial charge in [-0.1, -0.05) is 46.4 Å². The van der Waals surface area contributed by atoms with Crippen molar-refractivity contribution in [2.45, 2.75) is 13.8 Å². The topological polar surface area (TPSA) is 91.1 Å². The zero-order valence-electron chi connectivity index (χ0n) is 16.5. The number of hydrogen-bond acceptors (Lipinski definition) is 5. The molecule has 0 unspecified atom stereocenters. The fourth-order valence-electron chi connectivity index (χ4n) is 2.21. The van der Waals surface area contributed by atoms with E-state index < -0.39 is 0 Å². The Hall–Kier alpha value is -1.90.